The molecule has 0 spiro atoms. The van der Waals surface area contributed by atoms with E-state index >= 15 is 0 Å². The molecule has 3 aromatic rings. The highest BCUT2D eigenvalue weighted by atomic mass is 19.1. The highest BCUT2D eigenvalue weighted by Gasteiger charge is 2.31. The summed E-state index contributed by atoms with van der Waals surface area (Å²) in [5.74, 6) is -1.24. The van der Waals surface area contributed by atoms with Crippen molar-refractivity contribution in [1.29, 1.82) is 0 Å². The van der Waals surface area contributed by atoms with Crippen LogP contribution in [0.15, 0.2) is 78.5 Å². The van der Waals surface area contributed by atoms with Crippen LogP contribution >= 0.6 is 0 Å². The van der Waals surface area contributed by atoms with E-state index in [1.165, 1.54) is 6.92 Å². The van der Waals surface area contributed by atoms with Gasteiger partial charge in [0.1, 0.15) is 28.8 Å². The van der Waals surface area contributed by atoms with Crippen LogP contribution in [0, 0.1) is 18.6 Å². The molecule has 0 unspecified atom stereocenters. The summed E-state index contributed by atoms with van der Waals surface area (Å²) in [7, 11) is 0. The largest absolute Gasteiger partial charge is 0.457 e. The van der Waals surface area contributed by atoms with Crippen LogP contribution in [0.1, 0.15) is 11.1 Å². The van der Waals surface area contributed by atoms with E-state index in [1.807, 2.05) is 30.3 Å². The van der Waals surface area contributed by atoms with E-state index in [0.29, 0.717) is 11.5 Å². The van der Waals surface area contributed by atoms with Crippen LogP contribution in [0.3, 0.4) is 0 Å². The highest BCUT2D eigenvalue weighted by molar-refractivity contribution is 6.17. The molecule has 2 amide bonds. The van der Waals surface area contributed by atoms with Gasteiger partial charge in [0.05, 0.1) is 6.54 Å². The number of carbonyl (C=O) groups is 2. The number of anilines is 1. The number of imide groups is 1. The van der Waals surface area contributed by atoms with Crippen molar-refractivity contribution in [3.8, 4) is 11.5 Å². The van der Waals surface area contributed by atoms with Gasteiger partial charge in [0.25, 0.3) is 11.8 Å². The molecule has 3 aromatic carbocycles. The second kappa shape index (κ2) is 8.39. The summed E-state index contributed by atoms with van der Waals surface area (Å²) in [6.45, 7) is 1.37. The molecule has 1 aliphatic rings. The zero-order chi connectivity index (χ0) is 22.0. The lowest BCUT2D eigenvalue weighted by atomic mass is 10.2. The van der Waals surface area contributed by atoms with E-state index in [2.05, 4.69) is 5.32 Å². The molecule has 0 saturated carbocycles. The van der Waals surface area contributed by atoms with Crippen LogP contribution in [0.5, 0.6) is 11.5 Å². The van der Waals surface area contributed by atoms with Gasteiger partial charge in [0.2, 0.25) is 0 Å². The Hall–Kier alpha value is -4.00. The molecule has 0 radical (unpaired) electrons. The third kappa shape index (κ3) is 4.45. The first-order chi connectivity index (χ1) is 14.9. The monoisotopic (exact) mass is 420 g/mol. The Morgan fingerprint density at radius 2 is 1.52 bits per heavy atom. The summed E-state index contributed by atoms with van der Waals surface area (Å²) in [5, 5.41) is 2.63. The van der Waals surface area contributed by atoms with E-state index < -0.39 is 23.4 Å². The van der Waals surface area contributed by atoms with Crippen molar-refractivity contribution in [3.05, 3.63) is 101 Å². The number of hydrogen-bond donors (Lipinski definition) is 1. The van der Waals surface area contributed by atoms with Crippen LogP contribution in [0.4, 0.5) is 14.5 Å². The maximum Gasteiger partial charge on any atom is 0.277 e. The molecular formula is C24H18F2N2O3. The molecule has 1 N–H and O–H groups in total. The van der Waals surface area contributed by atoms with Crippen LogP contribution < -0.4 is 10.1 Å². The molecule has 7 heteroatoms. The fourth-order valence-corrected chi connectivity index (χ4v) is 3.09. The van der Waals surface area contributed by atoms with Crippen LogP contribution in [-0.2, 0) is 16.1 Å². The first-order valence-electron chi connectivity index (χ1n) is 9.53. The van der Waals surface area contributed by atoms with E-state index in [9.17, 15) is 18.4 Å². The lowest BCUT2D eigenvalue weighted by molar-refractivity contribution is -0.137. The summed E-state index contributed by atoms with van der Waals surface area (Å²) in [6.07, 6.45) is 1.12. The molecule has 0 fully saturated rings. The summed E-state index contributed by atoms with van der Waals surface area (Å²) in [6, 6.07) is 18.5. The van der Waals surface area contributed by atoms with Crippen molar-refractivity contribution in [2.24, 2.45) is 0 Å². The van der Waals surface area contributed by atoms with Crippen molar-refractivity contribution in [2.45, 2.75) is 13.5 Å². The molecule has 0 aromatic heterocycles. The normalized spacial score (nSPS) is 13.4. The molecule has 4 rings (SSSR count). The van der Waals surface area contributed by atoms with Gasteiger partial charge in [-0.3, -0.25) is 14.5 Å². The topological polar surface area (TPSA) is 58.6 Å². The van der Waals surface area contributed by atoms with Crippen molar-refractivity contribution < 1.29 is 23.1 Å². The molecule has 1 heterocycles. The standard InChI is InChI=1S/C24H18F2N2O3/c1-15-20(25)11-17(12-21(15)26)27-22-13-23(29)28(24(22)30)14-16-7-9-19(10-8-16)31-18-5-3-2-4-6-18/h2-13,27H,14H2,1H3. The van der Waals surface area contributed by atoms with Gasteiger partial charge in [-0.2, -0.15) is 0 Å². The number of carbonyl (C=O) groups excluding carboxylic acids is 2. The van der Waals surface area contributed by atoms with Gasteiger partial charge in [0.15, 0.2) is 0 Å². The maximum absolute atomic E-state index is 13.8. The summed E-state index contributed by atoms with van der Waals surface area (Å²) >= 11 is 0. The molecule has 1 aliphatic heterocycles. The predicted molar refractivity (Wildman–Crippen MR) is 111 cm³/mol. The number of hydrogen-bond acceptors (Lipinski definition) is 4. The van der Waals surface area contributed by atoms with Gasteiger partial charge in [-0.1, -0.05) is 30.3 Å². The first-order valence-corrected chi connectivity index (χ1v) is 9.53. The van der Waals surface area contributed by atoms with Gasteiger partial charge in [-0.25, -0.2) is 8.78 Å². The Morgan fingerprint density at radius 3 is 2.16 bits per heavy atom. The van der Waals surface area contributed by atoms with Gasteiger partial charge in [-0.05, 0) is 48.9 Å². The fraction of sp³-hybridized carbons (Fsp3) is 0.0833. The average molecular weight is 420 g/mol. The van der Waals surface area contributed by atoms with E-state index in [-0.39, 0.29) is 23.5 Å². The Labute approximate surface area is 177 Å². The quantitative estimate of drug-likeness (QED) is 0.575. The van der Waals surface area contributed by atoms with Crippen molar-refractivity contribution in [1.82, 2.24) is 4.90 Å². The highest BCUT2D eigenvalue weighted by Crippen LogP contribution is 2.24. The first kappa shape index (κ1) is 20.3. The Balaban J connectivity index is 1.42. The van der Waals surface area contributed by atoms with Crippen LogP contribution in [-0.4, -0.2) is 16.7 Å². The zero-order valence-corrected chi connectivity index (χ0v) is 16.6. The van der Waals surface area contributed by atoms with Crippen molar-refractivity contribution in [3.63, 3.8) is 0 Å². The number of benzene rings is 3. The smallest absolute Gasteiger partial charge is 0.277 e. The van der Waals surface area contributed by atoms with Gasteiger partial charge < -0.3 is 10.1 Å². The second-order valence-electron chi connectivity index (χ2n) is 7.04. The minimum absolute atomic E-state index is 0.0447. The van der Waals surface area contributed by atoms with E-state index in [1.54, 1.807) is 24.3 Å². The molecule has 5 nitrogen and oxygen atoms in total. The van der Waals surface area contributed by atoms with E-state index in [0.717, 1.165) is 28.7 Å². The fourth-order valence-electron chi connectivity index (χ4n) is 3.09. The Bertz CT molecular complexity index is 1150. The molecule has 0 saturated heterocycles. The molecule has 0 aliphatic carbocycles. The number of para-hydroxylation sites is 1. The Kier molecular flexibility index (Phi) is 5.49. The average Bonchev–Trinajstić information content (AvgIpc) is 3.01. The SMILES string of the molecule is Cc1c(F)cc(NC2=CC(=O)N(Cc3ccc(Oc4ccccc4)cc3)C2=O)cc1F. The van der Waals surface area contributed by atoms with Crippen molar-refractivity contribution >= 4 is 17.5 Å². The minimum Gasteiger partial charge on any atom is -0.457 e. The number of halogens is 2. The van der Waals surface area contributed by atoms with Gasteiger partial charge in [-0.15, -0.1) is 0 Å². The van der Waals surface area contributed by atoms with Crippen LogP contribution in [0.25, 0.3) is 0 Å². The maximum atomic E-state index is 13.8. The number of amides is 2. The number of rotatable bonds is 6. The number of nitrogens with one attached hydrogen (secondary N) is 1. The third-order valence-corrected chi connectivity index (χ3v) is 4.81. The minimum atomic E-state index is -0.741. The zero-order valence-electron chi connectivity index (χ0n) is 16.6. The Morgan fingerprint density at radius 1 is 0.903 bits per heavy atom. The lowest BCUT2D eigenvalue weighted by Gasteiger charge is -2.16. The second-order valence-corrected chi connectivity index (χ2v) is 7.04. The van der Waals surface area contributed by atoms with Crippen LogP contribution in [0.2, 0.25) is 0 Å². The molecule has 0 atom stereocenters. The molecule has 0 bridgehead atoms. The van der Waals surface area contributed by atoms with E-state index in [4.69, 9.17) is 4.74 Å². The van der Waals surface area contributed by atoms with Gasteiger partial charge in [0, 0.05) is 17.3 Å². The third-order valence-electron chi connectivity index (χ3n) is 4.81. The molecule has 156 valence electrons. The number of nitrogens with zero attached hydrogens (tertiary/aromatic N) is 1. The summed E-state index contributed by atoms with van der Waals surface area (Å²) in [5.41, 5.74) is 0.618. The number of ether oxygens (including phenoxy) is 1. The predicted octanol–water partition coefficient (Wildman–Crippen LogP) is 4.93. The molecular weight excluding hydrogens is 402 g/mol. The van der Waals surface area contributed by atoms with Gasteiger partial charge >= 0.3 is 0 Å². The molecule has 31 heavy (non-hydrogen) atoms. The summed E-state index contributed by atoms with van der Waals surface area (Å²) < 4.78 is 33.2. The van der Waals surface area contributed by atoms with Crippen molar-refractivity contribution in [2.75, 3.05) is 5.32 Å². The lowest BCUT2D eigenvalue weighted by Crippen LogP contribution is -2.31. The summed E-state index contributed by atoms with van der Waals surface area (Å²) in [4.78, 5) is 26.0.